The van der Waals surface area contributed by atoms with Gasteiger partial charge < -0.3 is 19.6 Å². The van der Waals surface area contributed by atoms with Crippen LogP contribution in [0.5, 0.6) is 11.5 Å². The lowest BCUT2D eigenvalue weighted by atomic mass is 10.1. The Bertz CT molecular complexity index is 1100. The molecule has 2 aromatic heterocycles. The van der Waals surface area contributed by atoms with Crippen molar-refractivity contribution in [1.82, 2.24) is 9.38 Å². The summed E-state index contributed by atoms with van der Waals surface area (Å²) in [5.41, 5.74) is 10.5. The number of anilines is 1. The molecular weight excluding hydrogens is 362 g/mol. The Balaban J connectivity index is 1.33. The quantitative estimate of drug-likeness (QED) is 0.336. The van der Waals surface area contributed by atoms with Crippen LogP contribution < -0.4 is 15.2 Å². The molecule has 2 N–H and O–H groups in total. The van der Waals surface area contributed by atoms with Crippen LogP contribution in [0.4, 0.5) is 5.69 Å². The molecule has 4 aromatic rings. The third-order valence-corrected chi connectivity index (χ3v) is 4.68. The molecular formula is C24H25N3O2. The SMILES string of the molecule is Cc1cccc(OCCCCOc2cccn3cc(-c4cccc(N)c4)nc23)c1. The highest BCUT2D eigenvalue weighted by Crippen LogP contribution is 2.25. The molecule has 0 fully saturated rings. The highest BCUT2D eigenvalue weighted by Gasteiger charge is 2.09. The van der Waals surface area contributed by atoms with Crippen molar-refractivity contribution in [1.29, 1.82) is 0 Å². The second-order valence-electron chi connectivity index (χ2n) is 7.08. The molecule has 2 heterocycles. The van der Waals surface area contributed by atoms with Gasteiger partial charge in [-0.25, -0.2) is 4.98 Å². The van der Waals surface area contributed by atoms with Crippen molar-refractivity contribution in [2.75, 3.05) is 18.9 Å². The van der Waals surface area contributed by atoms with Crippen molar-refractivity contribution in [3.63, 3.8) is 0 Å². The van der Waals surface area contributed by atoms with E-state index in [1.165, 1.54) is 5.56 Å². The van der Waals surface area contributed by atoms with Gasteiger partial charge in [0.1, 0.15) is 5.75 Å². The van der Waals surface area contributed by atoms with Crippen molar-refractivity contribution in [2.45, 2.75) is 19.8 Å². The summed E-state index contributed by atoms with van der Waals surface area (Å²) in [4.78, 5) is 4.74. The molecule has 2 aromatic carbocycles. The number of benzene rings is 2. The number of imidazole rings is 1. The van der Waals surface area contributed by atoms with Crippen LogP contribution >= 0.6 is 0 Å². The Labute approximate surface area is 170 Å². The number of aromatic nitrogens is 2. The van der Waals surface area contributed by atoms with Crippen LogP contribution in [0.15, 0.2) is 73.1 Å². The van der Waals surface area contributed by atoms with E-state index in [1.807, 2.05) is 71.4 Å². The second-order valence-corrected chi connectivity index (χ2v) is 7.08. The predicted octanol–water partition coefficient (Wildman–Crippen LogP) is 5.13. The van der Waals surface area contributed by atoms with Gasteiger partial charge in [0.2, 0.25) is 0 Å². The van der Waals surface area contributed by atoms with Gasteiger partial charge in [-0.2, -0.15) is 0 Å². The molecule has 0 saturated heterocycles. The van der Waals surface area contributed by atoms with Crippen LogP contribution in [0.25, 0.3) is 16.9 Å². The average molecular weight is 387 g/mol. The third kappa shape index (κ3) is 4.69. The minimum Gasteiger partial charge on any atom is -0.494 e. The molecule has 4 rings (SSSR count). The maximum atomic E-state index is 6.00. The first kappa shape index (κ1) is 18.9. The van der Waals surface area contributed by atoms with Gasteiger partial charge in [-0.1, -0.05) is 24.3 Å². The number of rotatable bonds is 8. The zero-order valence-corrected chi connectivity index (χ0v) is 16.5. The largest absolute Gasteiger partial charge is 0.494 e. The average Bonchev–Trinajstić information content (AvgIpc) is 3.16. The van der Waals surface area contributed by atoms with E-state index in [0.29, 0.717) is 13.2 Å². The van der Waals surface area contributed by atoms with Gasteiger partial charge in [-0.3, -0.25) is 0 Å². The van der Waals surface area contributed by atoms with Crippen molar-refractivity contribution in [3.05, 3.63) is 78.6 Å². The van der Waals surface area contributed by atoms with Crippen LogP contribution in [-0.4, -0.2) is 22.6 Å². The number of hydrogen-bond acceptors (Lipinski definition) is 4. The van der Waals surface area contributed by atoms with Gasteiger partial charge in [0.15, 0.2) is 11.4 Å². The van der Waals surface area contributed by atoms with E-state index in [4.69, 9.17) is 20.2 Å². The predicted molar refractivity (Wildman–Crippen MR) is 116 cm³/mol. The number of pyridine rings is 1. The summed E-state index contributed by atoms with van der Waals surface area (Å²) in [6.07, 6.45) is 5.81. The number of unbranched alkanes of at least 4 members (excludes halogenated alkanes) is 1. The molecule has 0 atom stereocenters. The van der Waals surface area contributed by atoms with E-state index in [2.05, 4.69) is 13.0 Å². The Kier molecular flexibility index (Phi) is 5.66. The molecule has 5 nitrogen and oxygen atoms in total. The lowest BCUT2D eigenvalue weighted by molar-refractivity contribution is 0.267. The van der Waals surface area contributed by atoms with Gasteiger partial charge in [0, 0.05) is 23.6 Å². The number of nitrogens with two attached hydrogens (primary N) is 1. The molecule has 0 aliphatic rings. The summed E-state index contributed by atoms with van der Waals surface area (Å²) in [5, 5.41) is 0. The lowest BCUT2D eigenvalue weighted by Gasteiger charge is -2.08. The van der Waals surface area contributed by atoms with E-state index in [0.717, 1.165) is 46.9 Å². The van der Waals surface area contributed by atoms with E-state index in [9.17, 15) is 0 Å². The molecule has 0 bridgehead atoms. The number of aryl methyl sites for hydroxylation is 1. The van der Waals surface area contributed by atoms with Crippen LogP contribution in [0.3, 0.4) is 0 Å². The fraction of sp³-hybridized carbons (Fsp3) is 0.208. The van der Waals surface area contributed by atoms with Gasteiger partial charge in [-0.05, 0) is 61.7 Å². The smallest absolute Gasteiger partial charge is 0.180 e. The van der Waals surface area contributed by atoms with Crippen molar-refractivity contribution in [2.24, 2.45) is 0 Å². The summed E-state index contributed by atoms with van der Waals surface area (Å²) in [7, 11) is 0. The summed E-state index contributed by atoms with van der Waals surface area (Å²) >= 11 is 0. The van der Waals surface area contributed by atoms with E-state index >= 15 is 0 Å². The molecule has 0 radical (unpaired) electrons. The molecule has 0 aliphatic carbocycles. The highest BCUT2D eigenvalue weighted by atomic mass is 16.5. The van der Waals surface area contributed by atoms with E-state index < -0.39 is 0 Å². The standard InChI is InChI=1S/C24H25N3O2/c1-18-7-4-10-21(15-18)28-13-2-3-14-29-23-11-6-12-27-17-22(26-24(23)27)19-8-5-9-20(25)16-19/h4-12,15-17H,2-3,13-14,25H2,1H3. The first-order chi connectivity index (χ1) is 14.2. The summed E-state index contributed by atoms with van der Waals surface area (Å²) < 4.78 is 13.8. The molecule has 29 heavy (non-hydrogen) atoms. The molecule has 0 unspecified atom stereocenters. The fourth-order valence-electron chi connectivity index (χ4n) is 3.22. The molecule has 0 amide bonds. The molecule has 148 valence electrons. The van der Waals surface area contributed by atoms with Crippen molar-refractivity contribution in [3.8, 4) is 22.8 Å². The number of nitrogen functional groups attached to an aromatic ring is 1. The Hall–Kier alpha value is -3.47. The lowest BCUT2D eigenvalue weighted by Crippen LogP contribution is -2.03. The maximum absolute atomic E-state index is 6.00. The Morgan fingerprint density at radius 1 is 0.931 bits per heavy atom. The van der Waals surface area contributed by atoms with Gasteiger partial charge in [0.05, 0.1) is 18.9 Å². The third-order valence-electron chi connectivity index (χ3n) is 4.68. The second kappa shape index (κ2) is 8.69. The van der Waals surface area contributed by atoms with Crippen molar-refractivity contribution < 1.29 is 9.47 Å². The molecule has 0 spiro atoms. The minimum atomic E-state index is 0.622. The van der Waals surface area contributed by atoms with Crippen LogP contribution in [0.2, 0.25) is 0 Å². The molecule has 0 aliphatic heterocycles. The van der Waals surface area contributed by atoms with Gasteiger partial charge >= 0.3 is 0 Å². The van der Waals surface area contributed by atoms with Gasteiger partial charge in [-0.15, -0.1) is 0 Å². The van der Waals surface area contributed by atoms with E-state index in [-0.39, 0.29) is 0 Å². The van der Waals surface area contributed by atoms with Crippen LogP contribution in [-0.2, 0) is 0 Å². The Morgan fingerprint density at radius 2 is 1.76 bits per heavy atom. The van der Waals surface area contributed by atoms with Crippen LogP contribution in [0, 0.1) is 6.92 Å². The number of fused-ring (bicyclic) bond motifs is 1. The first-order valence-electron chi connectivity index (χ1n) is 9.85. The topological polar surface area (TPSA) is 61.8 Å². The Morgan fingerprint density at radius 3 is 2.59 bits per heavy atom. The normalized spacial score (nSPS) is 10.9. The number of hydrogen-bond donors (Lipinski definition) is 1. The maximum Gasteiger partial charge on any atom is 0.180 e. The fourth-order valence-corrected chi connectivity index (χ4v) is 3.22. The van der Waals surface area contributed by atoms with Gasteiger partial charge in [0.25, 0.3) is 0 Å². The van der Waals surface area contributed by atoms with Crippen molar-refractivity contribution >= 4 is 11.3 Å². The molecule has 5 heteroatoms. The number of nitrogens with zero attached hydrogens (tertiary/aromatic N) is 2. The monoisotopic (exact) mass is 387 g/mol. The zero-order valence-electron chi connectivity index (χ0n) is 16.5. The highest BCUT2D eigenvalue weighted by molar-refractivity contribution is 5.68. The molecule has 0 saturated carbocycles. The van der Waals surface area contributed by atoms with Crippen LogP contribution in [0.1, 0.15) is 18.4 Å². The summed E-state index contributed by atoms with van der Waals surface area (Å²) in [5.74, 6) is 1.70. The zero-order chi connectivity index (χ0) is 20.1. The summed E-state index contributed by atoms with van der Waals surface area (Å²) in [6.45, 7) is 3.37. The minimum absolute atomic E-state index is 0.622. The van der Waals surface area contributed by atoms with E-state index in [1.54, 1.807) is 0 Å². The first-order valence-corrected chi connectivity index (χ1v) is 9.85. The number of ether oxygens (including phenoxy) is 2. The summed E-state index contributed by atoms with van der Waals surface area (Å²) in [6, 6.07) is 19.8.